The van der Waals surface area contributed by atoms with Crippen molar-refractivity contribution in [1.82, 2.24) is 5.32 Å². The van der Waals surface area contributed by atoms with Crippen molar-refractivity contribution in [2.45, 2.75) is 257 Å². The number of nitrogens with one attached hydrogen (secondary N) is 1. The van der Waals surface area contributed by atoms with E-state index in [4.69, 9.17) is 0 Å². The summed E-state index contributed by atoms with van der Waals surface area (Å²) < 4.78 is 0. The Balaban J connectivity index is 3.45. The maximum absolute atomic E-state index is 12.4. The van der Waals surface area contributed by atoms with Gasteiger partial charge in [0, 0.05) is 6.42 Å². The van der Waals surface area contributed by atoms with Crippen molar-refractivity contribution in [3.05, 3.63) is 72.9 Å². The van der Waals surface area contributed by atoms with Crippen LogP contribution in [-0.4, -0.2) is 34.9 Å². The Kier molecular flexibility index (Phi) is 47.4. The number of carbonyl (C=O) groups is 1. The molecular weight excluding hydrogens is 711 g/mol. The highest BCUT2D eigenvalue weighted by Crippen LogP contribution is 2.16. The summed E-state index contributed by atoms with van der Waals surface area (Å²) in [5, 5.41) is 22.9. The second-order valence-corrected chi connectivity index (χ2v) is 16.9. The number of unbranched alkanes of at least 4 members (excludes halogenated alkanes) is 28. The zero-order valence-electron chi connectivity index (χ0n) is 38.5. The molecule has 3 N–H and O–H groups in total. The van der Waals surface area contributed by atoms with E-state index >= 15 is 0 Å². The van der Waals surface area contributed by atoms with Crippen LogP contribution in [0.5, 0.6) is 0 Å². The average molecular weight is 808 g/mol. The molecule has 0 fully saturated rings. The Hall–Kier alpha value is -2.17. The molecule has 0 aromatic carbocycles. The number of rotatable bonds is 45. The van der Waals surface area contributed by atoms with Gasteiger partial charge in [0.2, 0.25) is 5.91 Å². The van der Waals surface area contributed by atoms with Gasteiger partial charge < -0.3 is 15.5 Å². The molecule has 0 saturated heterocycles. The van der Waals surface area contributed by atoms with E-state index in [0.29, 0.717) is 6.42 Å². The fourth-order valence-corrected chi connectivity index (χ4v) is 7.28. The van der Waals surface area contributed by atoms with E-state index in [1.54, 1.807) is 6.08 Å². The third-order valence-electron chi connectivity index (χ3n) is 11.1. The monoisotopic (exact) mass is 808 g/mol. The van der Waals surface area contributed by atoms with E-state index in [-0.39, 0.29) is 12.5 Å². The topological polar surface area (TPSA) is 69.6 Å². The van der Waals surface area contributed by atoms with Gasteiger partial charge in [-0.05, 0) is 77.0 Å². The number of carbonyl (C=O) groups excluding carboxylic acids is 1. The van der Waals surface area contributed by atoms with Crippen molar-refractivity contribution in [3.63, 3.8) is 0 Å². The largest absolute Gasteiger partial charge is 0.394 e. The summed E-state index contributed by atoms with van der Waals surface area (Å²) >= 11 is 0. The van der Waals surface area contributed by atoms with E-state index in [2.05, 4.69) is 79.9 Å². The lowest BCUT2D eigenvalue weighted by atomic mass is 10.0. The highest BCUT2D eigenvalue weighted by Gasteiger charge is 2.17. The van der Waals surface area contributed by atoms with E-state index in [1.807, 2.05) is 6.08 Å². The molecule has 2 unspecified atom stereocenters. The molecule has 4 nitrogen and oxygen atoms in total. The summed E-state index contributed by atoms with van der Waals surface area (Å²) in [7, 11) is 0. The Morgan fingerprint density at radius 2 is 0.759 bits per heavy atom. The minimum Gasteiger partial charge on any atom is -0.394 e. The molecule has 0 aromatic rings. The predicted octanol–water partition coefficient (Wildman–Crippen LogP) is 16.2. The quantitative estimate of drug-likeness (QED) is 0.0424. The molecule has 0 aliphatic heterocycles. The first-order valence-corrected chi connectivity index (χ1v) is 25.2. The van der Waals surface area contributed by atoms with Crippen molar-refractivity contribution >= 4 is 5.91 Å². The summed E-state index contributed by atoms with van der Waals surface area (Å²) in [6, 6.07) is -0.645. The number of hydrogen-bond donors (Lipinski definition) is 3. The van der Waals surface area contributed by atoms with Gasteiger partial charge in [-0.15, -0.1) is 0 Å². The zero-order valence-corrected chi connectivity index (χ0v) is 38.5. The molecule has 0 aliphatic rings. The second kappa shape index (κ2) is 49.2. The van der Waals surface area contributed by atoms with Crippen LogP contribution >= 0.6 is 0 Å². The standard InChI is InChI=1S/C54H97NO3/c1-3-5-7-9-11-13-15-16-17-18-19-20-21-22-23-24-25-26-27-28-29-30-31-32-33-34-35-36-37-38-40-42-44-46-48-50-54(58)55-52(51-56)53(57)49-47-45-43-41-39-14-12-10-8-6-4-2/h8,10,15-16,18-19,21-22,39,41,47,49,52-53,56-57H,3-7,9,11-14,17,20,23-38,40,42-46,48,50-51H2,1-2H3,(H,55,58)/b10-8+,16-15-,19-18-,22-21-,41-39+,49-47+. The van der Waals surface area contributed by atoms with Crippen LogP contribution in [0.25, 0.3) is 0 Å². The molecule has 0 rings (SSSR count). The summed E-state index contributed by atoms with van der Waals surface area (Å²) in [5.74, 6) is -0.0796. The molecule has 2 atom stereocenters. The van der Waals surface area contributed by atoms with Gasteiger partial charge in [-0.25, -0.2) is 0 Å². The predicted molar refractivity (Wildman–Crippen MR) is 257 cm³/mol. The Morgan fingerprint density at radius 3 is 1.17 bits per heavy atom. The smallest absolute Gasteiger partial charge is 0.220 e. The number of allylic oxidation sites excluding steroid dienone is 11. The first-order valence-electron chi connectivity index (χ1n) is 25.2. The molecule has 0 saturated carbocycles. The van der Waals surface area contributed by atoms with Crippen molar-refractivity contribution in [2.24, 2.45) is 0 Å². The number of amides is 1. The molecule has 0 bridgehead atoms. The lowest BCUT2D eigenvalue weighted by molar-refractivity contribution is -0.123. The fourth-order valence-electron chi connectivity index (χ4n) is 7.28. The minimum absolute atomic E-state index is 0.0796. The second-order valence-electron chi connectivity index (χ2n) is 16.9. The Labute approximate surface area is 361 Å². The van der Waals surface area contributed by atoms with Crippen LogP contribution in [0.15, 0.2) is 72.9 Å². The van der Waals surface area contributed by atoms with Crippen LogP contribution < -0.4 is 5.32 Å². The van der Waals surface area contributed by atoms with Crippen molar-refractivity contribution < 1.29 is 15.0 Å². The number of hydrogen-bond acceptors (Lipinski definition) is 3. The van der Waals surface area contributed by atoms with Crippen LogP contribution in [0.1, 0.15) is 245 Å². The first kappa shape index (κ1) is 55.8. The summed E-state index contributed by atoms with van der Waals surface area (Å²) in [6.07, 6.45) is 70.6. The number of aliphatic hydroxyl groups excluding tert-OH is 2. The van der Waals surface area contributed by atoms with Crippen LogP contribution in [0, 0.1) is 0 Å². The van der Waals surface area contributed by atoms with Crippen LogP contribution in [0.4, 0.5) is 0 Å². The van der Waals surface area contributed by atoms with Gasteiger partial charge in [0.15, 0.2) is 0 Å². The van der Waals surface area contributed by atoms with Gasteiger partial charge >= 0.3 is 0 Å². The maximum atomic E-state index is 12.4. The van der Waals surface area contributed by atoms with Gasteiger partial charge in [-0.1, -0.05) is 234 Å². The van der Waals surface area contributed by atoms with Crippen molar-refractivity contribution in [1.29, 1.82) is 0 Å². The molecule has 0 aromatic heterocycles. The molecule has 0 spiro atoms. The molecule has 0 radical (unpaired) electrons. The van der Waals surface area contributed by atoms with Gasteiger partial charge in [0.25, 0.3) is 0 Å². The molecule has 0 heterocycles. The van der Waals surface area contributed by atoms with E-state index in [9.17, 15) is 15.0 Å². The van der Waals surface area contributed by atoms with Gasteiger partial charge in [-0.2, -0.15) is 0 Å². The highest BCUT2D eigenvalue weighted by atomic mass is 16.3. The maximum Gasteiger partial charge on any atom is 0.220 e. The van der Waals surface area contributed by atoms with E-state index < -0.39 is 12.1 Å². The lowest BCUT2D eigenvalue weighted by Crippen LogP contribution is -2.45. The van der Waals surface area contributed by atoms with Gasteiger partial charge in [-0.3, -0.25) is 4.79 Å². The molecule has 58 heavy (non-hydrogen) atoms. The first-order chi connectivity index (χ1) is 28.7. The van der Waals surface area contributed by atoms with Gasteiger partial charge in [0.1, 0.15) is 0 Å². The zero-order chi connectivity index (χ0) is 42.1. The van der Waals surface area contributed by atoms with Crippen LogP contribution in [0.2, 0.25) is 0 Å². The number of aliphatic hydroxyl groups is 2. The highest BCUT2D eigenvalue weighted by molar-refractivity contribution is 5.76. The fraction of sp³-hybridized carbons (Fsp3) is 0.759. The SMILES string of the molecule is CCC/C=C/CC/C=C/CC/C=C/C(O)C(CO)NC(=O)CCCCCCCCCCCCCCCCCCCCCC/C=C\C/C=C\C/C=C\CCCCCCC. The average Bonchev–Trinajstić information content (AvgIpc) is 3.23. The Bertz CT molecular complexity index is 1010. The summed E-state index contributed by atoms with van der Waals surface area (Å²) in [5.41, 5.74) is 0. The van der Waals surface area contributed by atoms with E-state index in [1.165, 1.54) is 167 Å². The van der Waals surface area contributed by atoms with E-state index in [0.717, 1.165) is 57.8 Å². The molecule has 1 amide bonds. The van der Waals surface area contributed by atoms with Gasteiger partial charge in [0.05, 0.1) is 18.8 Å². The molecule has 336 valence electrons. The van der Waals surface area contributed by atoms with Crippen molar-refractivity contribution in [3.8, 4) is 0 Å². The normalized spacial score (nSPS) is 13.5. The minimum atomic E-state index is -0.869. The van der Waals surface area contributed by atoms with Crippen LogP contribution in [-0.2, 0) is 4.79 Å². The Morgan fingerprint density at radius 1 is 0.414 bits per heavy atom. The summed E-state index contributed by atoms with van der Waals surface area (Å²) in [6.45, 7) is 4.20. The molecular formula is C54H97NO3. The molecule has 4 heteroatoms. The third kappa shape index (κ3) is 44.9. The van der Waals surface area contributed by atoms with Crippen molar-refractivity contribution in [2.75, 3.05) is 6.61 Å². The third-order valence-corrected chi connectivity index (χ3v) is 11.1. The molecule has 0 aliphatic carbocycles. The lowest BCUT2D eigenvalue weighted by Gasteiger charge is -2.19. The van der Waals surface area contributed by atoms with Crippen LogP contribution in [0.3, 0.4) is 0 Å². The summed E-state index contributed by atoms with van der Waals surface area (Å²) in [4.78, 5) is 12.4.